The number of benzene rings is 1. The van der Waals surface area contributed by atoms with Gasteiger partial charge in [0.2, 0.25) is 0 Å². The van der Waals surface area contributed by atoms with Crippen LogP contribution >= 0.6 is 0 Å². The number of amides is 1. The molecule has 0 aliphatic carbocycles. The molecule has 0 unspecified atom stereocenters. The first kappa shape index (κ1) is 19.7. The average Bonchev–Trinajstić information content (AvgIpc) is 3.24. The summed E-state index contributed by atoms with van der Waals surface area (Å²) in [6.45, 7) is 1.55. The number of rotatable bonds is 2. The average molecular weight is 428 g/mol. The number of pyridine rings is 1. The fraction of sp³-hybridized carbons (Fsp3) is 0.304. The van der Waals surface area contributed by atoms with Crippen LogP contribution in [0.5, 0.6) is 0 Å². The van der Waals surface area contributed by atoms with Gasteiger partial charge in [0.15, 0.2) is 5.76 Å². The quantitative estimate of drug-likeness (QED) is 0.609. The maximum absolute atomic E-state index is 13.1. The van der Waals surface area contributed by atoms with Gasteiger partial charge >= 0.3 is 6.18 Å². The first-order valence-electron chi connectivity index (χ1n) is 10.1. The summed E-state index contributed by atoms with van der Waals surface area (Å²) in [5.41, 5.74) is 0.402. The lowest BCUT2D eigenvalue weighted by Gasteiger charge is -2.42. The molecule has 8 heteroatoms. The van der Waals surface area contributed by atoms with Gasteiger partial charge < -0.3 is 13.9 Å². The molecule has 1 saturated heterocycles. The Balaban J connectivity index is 1.38. The van der Waals surface area contributed by atoms with Gasteiger partial charge in [-0.25, -0.2) is 0 Å². The lowest BCUT2D eigenvalue weighted by Crippen LogP contribution is -2.49. The molecule has 5 nitrogen and oxygen atoms in total. The number of alkyl halides is 3. The van der Waals surface area contributed by atoms with Crippen molar-refractivity contribution in [2.45, 2.75) is 25.1 Å². The minimum atomic E-state index is -4.45. The molecule has 4 heterocycles. The summed E-state index contributed by atoms with van der Waals surface area (Å²) in [6, 6.07) is 13.1. The van der Waals surface area contributed by atoms with Gasteiger partial charge in [0.25, 0.3) is 11.5 Å². The number of hydrogen-bond acceptors (Lipinski definition) is 3. The van der Waals surface area contributed by atoms with E-state index in [0.29, 0.717) is 19.6 Å². The highest BCUT2D eigenvalue weighted by molar-refractivity contribution is 5.92. The van der Waals surface area contributed by atoms with Crippen molar-refractivity contribution in [2.24, 2.45) is 5.92 Å². The van der Waals surface area contributed by atoms with Gasteiger partial charge in [0.05, 0.1) is 5.56 Å². The fourth-order valence-electron chi connectivity index (χ4n) is 4.67. The van der Waals surface area contributed by atoms with Crippen molar-refractivity contribution in [1.82, 2.24) is 9.47 Å². The number of likely N-dealkylation sites (tertiary alicyclic amines) is 1. The Kier molecular flexibility index (Phi) is 4.53. The number of fused-ring (bicyclic) bond motifs is 4. The van der Waals surface area contributed by atoms with Crippen LogP contribution in [0.15, 0.2) is 63.8 Å². The van der Waals surface area contributed by atoms with E-state index >= 15 is 0 Å². The zero-order valence-corrected chi connectivity index (χ0v) is 16.4. The third-order valence-electron chi connectivity index (χ3n) is 6.06. The van der Waals surface area contributed by atoms with Crippen molar-refractivity contribution >= 4 is 5.91 Å². The van der Waals surface area contributed by atoms with E-state index in [9.17, 15) is 22.8 Å². The lowest BCUT2D eigenvalue weighted by molar-refractivity contribution is -0.137. The summed E-state index contributed by atoms with van der Waals surface area (Å²) < 4.78 is 46.4. The van der Waals surface area contributed by atoms with Crippen molar-refractivity contribution in [1.29, 1.82) is 0 Å². The van der Waals surface area contributed by atoms with E-state index in [1.165, 1.54) is 24.3 Å². The molecule has 2 atom stereocenters. The first-order chi connectivity index (χ1) is 14.8. The molecule has 3 aromatic rings. The number of carbonyl (C=O) groups excluding carboxylic acids is 1. The number of furan rings is 1. The third kappa shape index (κ3) is 3.56. The Morgan fingerprint density at radius 2 is 1.81 bits per heavy atom. The van der Waals surface area contributed by atoms with Crippen LogP contribution in [-0.2, 0) is 12.7 Å². The summed E-state index contributed by atoms with van der Waals surface area (Å²) in [5.74, 6) is 0.262. The monoisotopic (exact) mass is 428 g/mol. The van der Waals surface area contributed by atoms with Gasteiger partial charge in [-0.05, 0) is 42.7 Å². The molecule has 2 aliphatic heterocycles. The first-order valence-corrected chi connectivity index (χ1v) is 10.1. The van der Waals surface area contributed by atoms with Crippen molar-refractivity contribution in [3.63, 3.8) is 0 Å². The van der Waals surface area contributed by atoms with Crippen molar-refractivity contribution in [2.75, 3.05) is 13.1 Å². The Hall–Kier alpha value is -3.29. The van der Waals surface area contributed by atoms with Crippen LogP contribution in [0.25, 0.3) is 11.3 Å². The van der Waals surface area contributed by atoms with Gasteiger partial charge in [-0.2, -0.15) is 13.2 Å². The van der Waals surface area contributed by atoms with Crippen LogP contribution in [0.4, 0.5) is 13.2 Å². The number of nitrogens with zero attached hydrogens (tertiary/aromatic N) is 2. The van der Waals surface area contributed by atoms with E-state index in [4.69, 9.17) is 4.42 Å². The van der Waals surface area contributed by atoms with E-state index in [2.05, 4.69) is 0 Å². The molecule has 0 saturated carbocycles. The zero-order chi connectivity index (χ0) is 21.8. The minimum Gasteiger partial charge on any atom is -0.451 e. The molecule has 160 valence electrons. The second kappa shape index (κ2) is 7.14. The second-order valence-corrected chi connectivity index (χ2v) is 8.15. The molecule has 0 radical (unpaired) electrons. The molecule has 1 aromatic carbocycles. The smallest absolute Gasteiger partial charge is 0.416 e. The topological polar surface area (TPSA) is 55.5 Å². The molecule has 5 rings (SSSR count). The predicted molar refractivity (Wildman–Crippen MR) is 107 cm³/mol. The molecule has 1 amide bonds. The molecular weight excluding hydrogens is 409 g/mol. The van der Waals surface area contributed by atoms with E-state index in [0.717, 1.165) is 24.2 Å². The predicted octanol–water partition coefficient (Wildman–Crippen LogP) is 4.39. The van der Waals surface area contributed by atoms with Gasteiger partial charge in [-0.1, -0.05) is 18.2 Å². The second-order valence-electron chi connectivity index (χ2n) is 8.15. The fourth-order valence-corrected chi connectivity index (χ4v) is 4.67. The highest BCUT2D eigenvalue weighted by Gasteiger charge is 2.37. The van der Waals surface area contributed by atoms with Crippen LogP contribution in [0.1, 0.15) is 34.2 Å². The highest BCUT2D eigenvalue weighted by atomic mass is 19.4. The lowest BCUT2D eigenvalue weighted by atomic mass is 9.83. The Labute approximate surface area is 175 Å². The summed E-state index contributed by atoms with van der Waals surface area (Å²) in [5, 5.41) is 0. The van der Waals surface area contributed by atoms with E-state index in [-0.39, 0.29) is 40.4 Å². The van der Waals surface area contributed by atoms with E-state index in [1.54, 1.807) is 21.6 Å². The number of halogens is 3. The summed E-state index contributed by atoms with van der Waals surface area (Å²) in [6.07, 6.45) is -3.54. The highest BCUT2D eigenvalue weighted by Crippen LogP contribution is 2.36. The molecular formula is C23H19F3N2O3. The molecule has 0 spiro atoms. The van der Waals surface area contributed by atoms with Crippen LogP contribution in [0.3, 0.4) is 0 Å². The van der Waals surface area contributed by atoms with E-state index < -0.39 is 11.7 Å². The number of carbonyl (C=O) groups is 1. The van der Waals surface area contributed by atoms with Crippen molar-refractivity contribution < 1.29 is 22.4 Å². The van der Waals surface area contributed by atoms with Crippen LogP contribution < -0.4 is 5.56 Å². The van der Waals surface area contributed by atoms with E-state index in [1.807, 2.05) is 6.07 Å². The third-order valence-corrected chi connectivity index (χ3v) is 6.06. The number of hydrogen-bond donors (Lipinski definition) is 0. The Morgan fingerprint density at radius 1 is 1.00 bits per heavy atom. The minimum absolute atomic E-state index is 0.0243. The van der Waals surface area contributed by atoms with Crippen LogP contribution in [-0.4, -0.2) is 28.5 Å². The standard InChI is InChI=1S/C23H19F3N2O3/c24-23(25,26)17-4-1-3-15(10-17)19-7-8-20(31-19)22(30)27-11-14-9-16(13-27)18-5-2-6-21(29)28(18)12-14/h1-8,10,14,16H,9,11-13H2/t14-,16-/m0/s1. The van der Waals surface area contributed by atoms with Crippen LogP contribution in [0, 0.1) is 5.92 Å². The summed E-state index contributed by atoms with van der Waals surface area (Å²) in [4.78, 5) is 26.9. The summed E-state index contributed by atoms with van der Waals surface area (Å²) in [7, 11) is 0. The van der Waals surface area contributed by atoms with Crippen LogP contribution in [0.2, 0.25) is 0 Å². The molecule has 2 aromatic heterocycles. The van der Waals surface area contributed by atoms with Gasteiger partial charge in [-0.3, -0.25) is 9.59 Å². The van der Waals surface area contributed by atoms with Gasteiger partial charge in [0, 0.05) is 42.9 Å². The largest absolute Gasteiger partial charge is 0.451 e. The summed E-state index contributed by atoms with van der Waals surface area (Å²) >= 11 is 0. The molecule has 2 aliphatic rings. The molecule has 1 fully saturated rings. The Bertz CT molecular complexity index is 1210. The Morgan fingerprint density at radius 3 is 2.61 bits per heavy atom. The molecule has 0 N–H and O–H groups in total. The van der Waals surface area contributed by atoms with Crippen molar-refractivity contribution in [3.8, 4) is 11.3 Å². The number of piperidine rings is 1. The SMILES string of the molecule is O=C(c1ccc(-c2cccc(C(F)(F)F)c2)o1)N1C[C@@H]2C[C@@H](C1)c1cccc(=O)n1C2. The molecule has 2 bridgehead atoms. The van der Waals surface area contributed by atoms with Gasteiger partial charge in [-0.15, -0.1) is 0 Å². The maximum atomic E-state index is 13.1. The van der Waals surface area contributed by atoms with Crippen molar-refractivity contribution in [3.05, 3.63) is 82.0 Å². The normalized spacial score (nSPS) is 20.4. The zero-order valence-electron chi connectivity index (χ0n) is 16.4. The molecule has 31 heavy (non-hydrogen) atoms. The maximum Gasteiger partial charge on any atom is 0.416 e. The number of aromatic nitrogens is 1. The van der Waals surface area contributed by atoms with Gasteiger partial charge in [0.1, 0.15) is 5.76 Å².